The van der Waals surface area contributed by atoms with E-state index >= 15 is 0 Å². The highest BCUT2D eigenvalue weighted by molar-refractivity contribution is 6.01. The maximum absolute atomic E-state index is 12.1. The number of carbonyl (C=O) groups excluding carboxylic acids is 1. The Morgan fingerprint density at radius 3 is 2.64 bits per heavy atom. The molecule has 0 saturated heterocycles. The molecule has 0 atom stereocenters. The quantitative estimate of drug-likeness (QED) is 0.669. The van der Waals surface area contributed by atoms with E-state index in [4.69, 9.17) is 0 Å². The predicted molar refractivity (Wildman–Crippen MR) is 91.4 cm³/mol. The average molecular weight is 294 g/mol. The van der Waals surface area contributed by atoms with Gasteiger partial charge in [0, 0.05) is 11.4 Å². The minimum Gasteiger partial charge on any atom is -0.341 e. The van der Waals surface area contributed by atoms with E-state index < -0.39 is 0 Å². The van der Waals surface area contributed by atoms with Crippen molar-refractivity contribution in [2.75, 3.05) is 21.3 Å². The minimum atomic E-state index is -0.265. The summed E-state index contributed by atoms with van der Waals surface area (Å²) in [5.74, 6) is 0.729. The van der Waals surface area contributed by atoms with Crippen LogP contribution >= 0.6 is 0 Å². The molecule has 0 spiro atoms. The second kappa shape index (κ2) is 5.44. The number of hydrogen-bond donors (Lipinski definition) is 4. The normalized spacial score (nSPS) is 12.2. The summed E-state index contributed by atoms with van der Waals surface area (Å²) in [6.07, 6.45) is 0. The molecule has 4 N–H and O–H groups in total. The van der Waals surface area contributed by atoms with Crippen molar-refractivity contribution in [1.82, 2.24) is 0 Å². The lowest BCUT2D eigenvalue weighted by Crippen LogP contribution is -2.20. The van der Waals surface area contributed by atoms with Crippen LogP contribution in [0.1, 0.15) is 11.1 Å². The van der Waals surface area contributed by atoms with E-state index in [0.29, 0.717) is 5.69 Å². The summed E-state index contributed by atoms with van der Waals surface area (Å²) < 4.78 is 0. The number of urea groups is 1. The molecule has 1 aliphatic heterocycles. The zero-order valence-corrected chi connectivity index (χ0v) is 12.6. The van der Waals surface area contributed by atoms with Crippen LogP contribution in [0.25, 0.3) is 0 Å². The van der Waals surface area contributed by atoms with Crippen molar-refractivity contribution in [2.45, 2.75) is 13.8 Å². The number of aryl methyl sites for hydroxylation is 1. The molecular formula is C17H18N4O. The van der Waals surface area contributed by atoms with Crippen LogP contribution in [0.3, 0.4) is 0 Å². The molecule has 5 nitrogen and oxygen atoms in total. The first kappa shape index (κ1) is 14.0. The molecule has 22 heavy (non-hydrogen) atoms. The topological polar surface area (TPSA) is 65.2 Å². The van der Waals surface area contributed by atoms with Gasteiger partial charge in [-0.05, 0) is 49.2 Å². The Hall–Kier alpha value is -2.95. The van der Waals surface area contributed by atoms with Gasteiger partial charge < -0.3 is 21.3 Å². The van der Waals surface area contributed by atoms with Crippen LogP contribution in [0.15, 0.2) is 48.8 Å². The van der Waals surface area contributed by atoms with Crippen molar-refractivity contribution in [3.05, 3.63) is 59.9 Å². The Labute approximate surface area is 129 Å². The van der Waals surface area contributed by atoms with E-state index in [1.54, 1.807) is 0 Å². The number of carbonyl (C=O) groups is 1. The van der Waals surface area contributed by atoms with Crippen LogP contribution in [0.2, 0.25) is 0 Å². The molecule has 0 fully saturated rings. The van der Waals surface area contributed by atoms with E-state index in [1.807, 2.05) is 50.2 Å². The number of fused-ring (bicyclic) bond motifs is 1. The third kappa shape index (κ3) is 2.74. The molecule has 0 unspecified atom stereocenters. The van der Waals surface area contributed by atoms with Gasteiger partial charge in [0.25, 0.3) is 0 Å². The Balaban J connectivity index is 1.71. The highest BCUT2D eigenvalue weighted by atomic mass is 16.2. The molecule has 112 valence electrons. The SMILES string of the molecule is C=C1Nc2ccc(NC(=O)Nc3cccc(C)c3C)cc2N1. The van der Waals surface area contributed by atoms with Crippen LogP contribution in [-0.4, -0.2) is 6.03 Å². The Morgan fingerprint density at radius 1 is 1.05 bits per heavy atom. The second-order valence-electron chi connectivity index (χ2n) is 5.32. The number of nitrogens with one attached hydrogen (secondary N) is 4. The van der Waals surface area contributed by atoms with Crippen molar-refractivity contribution >= 4 is 28.8 Å². The second-order valence-corrected chi connectivity index (χ2v) is 5.32. The number of amides is 2. The summed E-state index contributed by atoms with van der Waals surface area (Å²) in [6.45, 7) is 7.82. The lowest BCUT2D eigenvalue weighted by Gasteiger charge is -2.12. The number of benzene rings is 2. The average Bonchev–Trinajstić information content (AvgIpc) is 2.83. The molecule has 1 aliphatic rings. The first-order valence-corrected chi connectivity index (χ1v) is 7.04. The first-order chi connectivity index (χ1) is 10.5. The number of hydrogen-bond acceptors (Lipinski definition) is 3. The van der Waals surface area contributed by atoms with Gasteiger partial charge in [0.2, 0.25) is 0 Å². The Kier molecular flexibility index (Phi) is 3.47. The molecule has 0 radical (unpaired) electrons. The van der Waals surface area contributed by atoms with Crippen molar-refractivity contribution in [3.63, 3.8) is 0 Å². The molecule has 3 rings (SSSR count). The third-order valence-corrected chi connectivity index (χ3v) is 3.70. The Morgan fingerprint density at radius 2 is 1.82 bits per heavy atom. The molecule has 2 aromatic carbocycles. The van der Waals surface area contributed by atoms with Crippen LogP contribution < -0.4 is 21.3 Å². The molecule has 2 amide bonds. The van der Waals surface area contributed by atoms with E-state index in [-0.39, 0.29) is 6.03 Å². The van der Waals surface area contributed by atoms with Crippen LogP contribution in [0, 0.1) is 13.8 Å². The largest absolute Gasteiger partial charge is 0.341 e. The zero-order chi connectivity index (χ0) is 15.7. The van der Waals surface area contributed by atoms with Gasteiger partial charge >= 0.3 is 6.03 Å². The zero-order valence-electron chi connectivity index (χ0n) is 12.6. The fraction of sp³-hybridized carbons (Fsp3) is 0.118. The van der Waals surface area contributed by atoms with E-state index in [2.05, 4.69) is 27.8 Å². The summed E-state index contributed by atoms with van der Waals surface area (Å²) in [6, 6.07) is 11.2. The fourth-order valence-electron chi connectivity index (χ4n) is 2.36. The van der Waals surface area contributed by atoms with Gasteiger partial charge in [-0.2, -0.15) is 0 Å². The molecule has 0 aromatic heterocycles. The van der Waals surface area contributed by atoms with Crippen molar-refractivity contribution in [2.24, 2.45) is 0 Å². The van der Waals surface area contributed by atoms with Gasteiger partial charge in [0.1, 0.15) is 5.82 Å². The fourth-order valence-corrected chi connectivity index (χ4v) is 2.36. The van der Waals surface area contributed by atoms with Crippen LogP contribution in [-0.2, 0) is 0 Å². The van der Waals surface area contributed by atoms with Gasteiger partial charge in [-0.25, -0.2) is 4.79 Å². The van der Waals surface area contributed by atoms with Crippen LogP contribution in [0.5, 0.6) is 0 Å². The monoisotopic (exact) mass is 294 g/mol. The summed E-state index contributed by atoms with van der Waals surface area (Å²) in [5.41, 5.74) is 5.58. The number of rotatable bonds is 2. The maximum atomic E-state index is 12.1. The van der Waals surface area contributed by atoms with Gasteiger partial charge in [-0.1, -0.05) is 18.7 Å². The molecule has 2 aromatic rings. The minimum absolute atomic E-state index is 0.265. The van der Waals surface area contributed by atoms with E-state index in [1.165, 1.54) is 0 Å². The summed E-state index contributed by atoms with van der Waals surface area (Å²) >= 11 is 0. The van der Waals surface area contributed by atoms with Gasteiger partial charge in [0.15, 0.2) is 0 Å². The van der Waals surface area contributed by atoms with Gasteiger partial charge in [0.05, 0.1) is 11.4 Å². The lowest BCUT2D eigenvalue weighted by molar-refractivity contribution is 0.262. The maximum Gasteiger partial charge on any atom is 0.323 e. The third-order valence-electron chi connectivity index (χ3n) is 3.70. The molecule has 1 heterocycles. The summed E-state index contributed by atoms with van der Waals surface area (Å²) in [7, 11) is 0. The van der Waals surface area contributed by atoms with Crippen LogP contribution in [0.4, 0.5) is 27.5 Å². The summed E-state index contributed by atoms with van der Waals surface area (Å²) in [4.78, 5) is 12.1. The van der Waals surface area contributed by atoms with E-state index in [0.717, 1.165) is 34.0 Å². The number of anilines is 4. The van der Waals surface area contributed by atoms with Crippen molar-refractivity contribution in [1.29, 1.82) is 0 Å². The van der Waals surface area contributed by atoms with Crippen molar-refractivity contribution < 1.29 is 4.79 Å². The predicted octanol–water partition coefficient (Wildman–Crippen LogP) is 4.26. The highest BCUT2D eigenvalue weighted by Gasteiger charge is 2.13. The molecular weight excluding hydrogens is 276 g/mol. The molecule has 0 aliphatic carbocycles. The standard InChI is InChI=1S/C17H18N4O/c1-10-5-4-6-14(11(10)2)21-17(22)20-13-7-8-15-16(9-13)19-12(3)18-15/h4-9,18-19H,3H2,1-2H3,(H2,20,21,22). The molecule has 0 bridgehead atoms. The smallest absolute Gasteiger partial charge is 0.323 e. The van der Waals surface area contributed by atoms with E-state index in [9.17, 15) is 4.79 Å². The summed E-state index contributed by atoms with van der Waals surface area (Å²) in [5, 5.41) is 11.9. The lowest BCUT2D eigenvalue weighted by atomic mass is 10.1. The highest BCUT2D eigenvalue weighted by Crippen LogP contribution is 2.32. The molecule has 0 saturated carbocycles. The first-order valence-electron chi connectivity index (χ1n) is 7.04. The van der Waals surface area contributed by atoms with Crippen molar-refractivity contribution in [3.8, 4) is 0 Å². The van der Waals surface area contributed by atoms with Gasteiger partial charge in [-0.15, -0.1) is 0 Å². The van der Waals surface area contributed by atoms with Gasteiger partial charge in [-0.3, -0.25) is 0 Å². The Bertz CT molecular complexity index is 767. The molecule has 5 heteroatoms.